The van der Waals surface area contributed by atoms with E-state index < -0.39 is 22.7 Å². The number of para-hydroxylation sites is 1. The Balaban J connectivity index is 2.31. The first kappa shape index (κ1) is 19.3. The number of ether oxygens (including phenoxy) is 1. The first-order valence-corrected chi connectivity index (χ1v) is 7.57. The molecule has 0 aromatic heterocycles. The minimum absolute atomic E-state index is 0.132. The fourth-order valence-corrected chi connectivity index (χ4v) is 2.33. The van der Waals surface area contributed by atoms with Gasteiger partial charge in [-0.3, -0.25) is 4.79 Å². The second-order valence-electron chi connectivity index (χ2n) is 5.06. The largest absolute Gasteiger partial charge is 0.496 e. The number of hydrogen-bond acceptors (Lipinski definition) is 3. The maximum atomic E-state index is 12.9. The van der Waals surface area contributed by atoms with Gasteiger partial charge in [-0.05, 0) is 30.3 Å². The Morgan fingerprint density at radius 1 is 1.27 bits per heavy atom. The Bertz CT molecular complexity index is 902. The number of benzene rings is 2. The smallest absolute Gasteiger partial charge is 0.417 e. The fraction of sp³-hybridized carbons (Fsp3) is 0.111. The highest BCUT2D eigenvalue weighted by atomic mass is 35.5. The molecule has 0 bridgehead atoms. The van der Waals surface area contributed by atoms with Crippen LogP contribution in [0, 0.1) is 11.3 Å². The fourth-order valence-electron chi connectivity index (χ4n) is 2.11. The number of carbonyl (C=O) groups is 1. The second kappa shape index (κ2) is 7.93. The number of anilines is 1. The molecule has 4 nitrogen and oxygen atoms in total. The maximum absolute atomic E-state index is 12.9. The summed E-state index contributed by atoms with van der Waals surface area (Å²) >= 11 is 5.54. The molecule has 0 aliphatic heterocycles. The Labute approximate surface area is 152 Å². The number of nitriles is 1. The Kier molecular flexibility index (Phi) is 5.90. The van der Waals surface area contributed by atoms with Crippen LogP contribution >= 0.6 is 11.6 Å². The van der Waals surface area contributed by atoms with Crippen molar-refractivity contribution in [3.63, 3.8) is 0 Å². The van der Waals surface area contributed by atoms with E-state index in [1.54, 1.807) is 30.3 Å². The van der Waals surface area contributed by atoms with Crippen molar-refractivity contribution in [2.24, 2.45) is 0 Å². The summed E-state index contributed by atoms with van der Waals surface area (Å²) in [7, 11) is 1.44. The Morgan fingerprint density at radius 2 is 1.96 bits per heavy atom. The van der Waals surface area contributed by atoms with E-state index in [0.717, 1.165) is 6.07 Å². The lowest BCUT2D eigenvalue weighted by atomic mass is 10.1. The summed E-state index contributed by atoms with van der Waals surface area (Å²) in [4.78, 5) is 12.2. The van der Waals surface area contributed by atoms with Crippen molar-refractivity contribution in [3.8, 4) is 11.8 Å². The van der Waals surface area contributed by atoms with Gasteiger partial charge in [0.05, 0.1) is 17.7 Å². The van der Waals surface area contributed by atoms with E-state index in [9.17, 15) is 23.2 Å². The summed E-state index contributed by atoms with van der Waals surface area (Å²) < 4.78 is 43.8. The molecule has 0 fully saturated rings. The van der Waals surface area contributed by atoms with E-state index in [4.69, 9.17) is 16.3 Å². The van der Waals surface area contributed by atoms with E-state index in [0.29, 0.717) is 17.4 Å². The van der Waals surface area contributed by atoms with Crippen LogP contribution < -0.4 is 10.1 Å². The molecule has 0 atom stereocenters. The van der Waals surface area contributed by atoms with Crippen LogP contribution in [-0.2, 0) is 11.0 Å². The molecule has 0 saturated carbocycles. The van der Waals surface area contributed by atoms with E-state index in [2.05, 4.69) is 5.32 Å². The SMILES string of the molecule is COc1ccccc1/C=C(\C#N)C(=O)Nc1ccc(Cl)c(C(F)(F)F)c1. The van der Waals surface area contributed by atoms with Crippen LogP contribution in [0.3, 0.4) is 0 Å². The van der Waals surface area contributed by atoms with Crippen LogP contribution in [0.25, 0.3) is 6.08 Å². The van der Waals surface area contributed by atoms with E-state index in [1.165, 1.54) is 19.3 Å². The third kappa shape index (κ3) is 4.55. The molecule has 0 spiro atoms. The summed E-state index contributed by atoms with van der Waals surface area (Å²) in [5.41, 5.74) is -1.02. The topological polar surface area (TPSA) is 62.1 Å². The van der Waals surface area contributed by atoms with E-state index in [1.807, 2.05) is 0 Å². The predicted octanol–water partition coefficient (Wildman–Crippen LogP) is 4.91. The molecule has 0 aliphatic rings. The minimum atomic E-state index is -4.66. The van der Waals surface area contributed by atoms with Gasteiger partial charge in [0.2, 0.25) is 0 Å². The van der Waals surface area contributed by atoms with Crippen LogP contribution in [0.2, 0.25) is 5.02 Å². The Hall–Kier alpha value is -2.98. The number of amides is 1. The molecular weight excluding hydrogens is 369 g/mol. The summed E-state index contributed by atoms with van der Waals surface area (Å²) in [5.74, 6) is -0.409. The zero-order chi connectivity index (χ0) is 19.3. The van der Waals surface area contributed by atoms with Crippen LogP contribution in [0.5, 0.6) is 5.75 Å². The molecule has 1 amide bonds. The zero-order valence-corrected chi connectivity index (χ0v) is 14.2. The van der Waals surface area contributed by atoms with Crippen molar-refractivity contribution in [2.75, 3.05) is 12.4 Å². The molecule has 2 aromatic carbocycles. The molecule has 134 valence electrons. The summed E-state index contributed by atoms with van der Waals surface area (Å²) in [5, 5.41) is 11.0. The number of methoxy groups -OCH3 is 1. The Morgan fingerprint density at radius 3 is 2.58 bits per heavy atom. The molecule has 0 aliphatic carbocycles. The molecule has 0 heterocycles. The molecule has 0 radical (unpaired) electrons. The van der Waals surface area contributed by atoms with Crippen molar-refractivity contribution in [3.05, 3.63) is 64.2 Å². The normalized spacial score (nSPS) is 11.6. The van der Waals surface area contributed by atoms with Gasteiger partial charge in [-0.2, -0.15) is 18.4 Å². The van der Waals surface area contributed by atoms with Gasteiger partial charge in [0.1, 0.15) is 17.4 Å². The number of alkyl halides is 3. The third-order valence-electron chi connectivity index (χ3n) is 3.33. The molecule has 8 heteroatoms. The standard InChI is InChI=1S/C18H12ClF3N2O2/c1-26-16-5-3-2-4-11(16)8-12(10-23)17(25)24-13-6-7-15(19)14(9-13)18(20,21)22/h2-9H,1H3,(H,24,25)/b12-8+. The quantitative estimate of drug-likeness (QED) is 0.605. The average molecular weight is 381 g/mol. The number of rotatable bonds is 4. The molecular formula is C18H12ClF3N2O2. The predicted molar refractivity (Wildman–Crippen MR) is 91.7 cm³/mol. The third-order valence-corrected chi connectivity index (χ3v) is 3.66. The number of halogens is 4. The zero-order valence-electron chi connectivity index (χ0n) is 13.4. The second-order valence-corrected chi connectivity index (χ2v) is 5.47. The minimum Gasteiger partial charge on any atom is -0.496 e. The van der Waals surface area contributed by atoms with Gasteiger partial charge in [0.25, 0.3) is 5.91 Å². The van der Waals surface area contributed by atoms with Gasteiger partial charge in [-0.25, -0.2) is 0 Å². The highest BCUT2D eigenvalue weighted by Crippen LogP contribution is 2.36. The van der Waals surface area contributed by atoms with Crippen molar-refractivity contribution in [1.29, 1.82) is 5.26 Å². The van der Waals surface area contributed by atoms with Crippen LogP contribution in [0.1, 0.15) is 11.1 Å². The van der Waals surface area contributed by atoms with Crippen molar-refractivity contribution < 1.29 is 22.7 Å². The van der Waals surface area contributed by atoms with Crippen LogP contribution in [-0.4, -0.2) is 13.0 Å². The summed E-state index contributed by atoms with van der Waals surface area (Å²) in [6.07, 6.45) is -3.38. The molecule has 1 N–H and O–H groups in total. The maximum Gasteiger partial charge on any atom is 0.417 e. The van der Waals surface area contributed by atoms with Crippen LogP contribution in [0.4, 0.5) is 18.9 Å². The summed E-state index contributed by atoms with van der Waals surface area (Å²) in [6, 6.07) is 11.4. The molecule has 2 rings (SSSR count). The van der Waals surface area contributed by atoms with Gasteiger partial charge in [-0.1, -0.05) is 29.8 Å². The van der Waals surface area contributed by atoms with E-state index in [-0.39, 0.29) is 11.3 Å². The van der Waals surface area contributed by atoms with Crippen LogP contribution in [0.15, 0.2) is 48.0 Å². The molecule has 2 aromatic rings. The lowest BCUT2D eigenvalue weighted by Gasteiger charge is -2.11. The highest BCUT2D eigenvalue weighted by Gasteiger charge is 2.33. The highest BCUT2D eigenvalue weighted by molar-refractivity contribution is 6.31. The molecule has 0 saturated heterocycles. The van der Waals surface area contributed by atoms with Crippen molar-refractivity contribution in [2.45, 2.75) is 6.18 Å². The van der Waals surface area contributed by atoms with Crippen molar-refractivity contribution in [1.82, 2.24) is 0 Å². The van der Waals surface area contributed by atoms with Gasteiger partial charge in [0.15, 0.2) is 0 Å². The monoisotopic (exact) mass is 380 g/mol. The van der Waals surface area contributed by atoms with E-state index >= 15 is 0 Å². The number of nitrogens with one attached hydrogen (secondary N) is 1. The first-order chi connectivity index (χ1) is 12.3. The van der Waals surface area contributed by atoms with Crippen molar-refractivity contribution >= 4 is 29.3 Å². The van der Waals surface area contributed by atoms with Gasteiger partial charge >= 0.3 is 6.18 Å². The molecule has 0 unspecified atom stereocenters. The van der Waals surface area contributed by atoms with Gasteiger partial charge in [0, 0.05) is 11.3 Å². The lowest BCUT2D eigenvalue weighted by molar-refractivity contribution is -0.137. The number of hydrogen-bond donors (Lipinski definition) is 1. The van der Waals surface area contributed by atoms with Gasteiger partial charge in [-0.15, -0.1) is 0 Å². The van der Waals surface area contributed by atoms with Gasteiger partial charge < -0.3 is 10.1 Å². The number of nitrogens with zero attached hydrogens (tertiary/aromatic N) is 1. The lowest BCUT2D eigenvalue weighted by Crippen LogP contribution is -2.14. The number of carbonyl (C=O) groups excluding carboxylic acids is 1. The summed E-state index contributed by atoms with van der Waals surface area (Å²) in [6.45, 7) is 0. The average Bonchev–Trinajstić information content (AvgIpc) is 2.60. The molecule has 26 heavy (non-hydrogen) atoms. The first-order valence-electron chi connectivity index (χ1n) is 7.19.